The quantitative estimate of drug-likeness (QED) is 0.446. The number of nitrogens with zero attached hydrogens (tertiary/aromatic N) is 1. The Morgan fingerprint density at radius 3 is 2.58 bits per heavy atom. The summed E-state index contributed by atoms with van der Waals surface area (Å²) >= 11 is 0. The molecule has 8 heteroatoms. The lowest BCUT2D eigenvalue weighted by molar-refractivity contribution is -0.137. The smallest absolute Gasteiger partial charge is 0.277 e. The van der Waals surface area contributed by atoms with Crippen LogP contribution in [0, 0.1) is 0 Å². The van der Waals surface area contributed by atoms with Crippen LogP contribution in [-0.2, 0) is 14.3 Å². The highest BCUT2D eigenvalue weighted by Crippen LogP contribution is 2.17. The number of β-amino-alcohol motifs (C(OH)–C–C–N with tert-alkyl or cyclic N) is 1. The number of methoxy groups -OCH3 is 1. The van der Waals surface area contributed by atoms with Crippen molar-refractivity contribution in [1.29, 1.82) is 0 Å². The maximum atomic E-state index is 12.0. The van der Waals surface area contributed by atoms with Crippen molar-refractivity contribution in [2.45, 2.75) is 0 Å². The lowest BCUT2D eigenvalue weighted by Crippen LogP contribution is -2.34. The second-order valence-electron chi connectivity index (χ2n) is 5.03. The Morgan fingerprint density at radius 1 is 1.25 bits per heavy atom. The lowest BCUT2D eigenvalue weighted by Gasteiger charge is -2.13. The molecule has 3 N–H and O–H groups in total. The zero-order valence-corrected chi connectivity index (χ0v) is 13.2. The molecule has 1 aliphatic rings. The number of aliphatic hydroxyl groups is 1. The van der Waals surface area contributed by atoms with Crippen LogP contribution in [-0.4, -0.2) is 61.1 Å². The van der Waals surface area contributed by atoms with Crippen LogP contribution < -0.4 is 10.6 Å². The molecule has 3 amide bonds. The van der Waals surface area contributed by atoms with Crippen molar-refractivity contribution >= 4 is 23.4 Å². The number of amides is 3. The van der Waals surface area contributed by atoms with Crippen molar-refractivity contribution in [1.82, 2.24) is 10.2 Å². The first-order valence-corrected chi connectivity index (χ1v) is 7.39. The normalized spacial score (nSPS) is 13.9. The van der Waals surface area contributed by atoms with E-state index in [0.717, 1.165) is 4.90 Å². The third-order valence-electron chi connectivity index (χ3n) is 3.35. The summed E-state index contributed by atoms with van der Waals surface area (Å²) in [7, 11) is 1.55. The van der Waals surface area contributed by atoms with Crippen LogP contribution in [0.3, 0.4) is 0 Å². The van der Waals surface area contributed by atoms with E-state index in [1.165, 1.54) is 6.08 Å². The number of hydrogen-bond acceptors (Lipinski definition) is 6. The summed E-state index contributed by atoms with van der Waals surface area (Å²) in [6, 6.07) is 6.49. The number of aliphatic hydroxyl groups excluding tert-OH is 1. The lowest BCUT2D eigenvalue weighted by atomic mass is 10.2. The van der Waals surface area contributed by atoms with Crippen molar-refractivity contribution in [2.75, 3.05) is 38.7 Å². The summed E-state index contributed by atoms with van der Waals surface area (Å²) in [5.41, 5.74) is 1.17. The van der Waals surface area contributed by atoms with Crippen LogP contribution in [0.5, 0.6) is 0 Å². The van der Waals surface area contributed by atoms with Gasteiger partial charge in [-0.05, 0) is 24.3 Å². The molecule has 0 unspecified atom stereocenters. The van der Waals surface area contributed by atoms with E-state index in [1.54, 1.807) is 31.4 Å². The molecule has 0 aliphatic carbocycles. The molecule has 24 heavy (non-hydrogen) atoms. The first-order chi connectivity index (χ1) is 11.6. The monoisotopic (exact) mass is 333 g/mol. The number of anilines is 1. The first kappa shape index (κ1) is 17.6. The minimum atomic E-state index is -0.490. The number of nitrogens with one attached hydrogen (secondary N) is 2. The van der Waals surface area contributed by atoms with Gasteiger partial charge in [-0.3, -0.25) is 19.3 Å². The number of benzene rings is 1. The molecule has 0 radical (unpaired) electrons. The Morgan fingerprint density at radius 2 is 1.96 bits per heavy atom. The van der Waals surface area contributed by atoms with Crippen molar-refractivity contribution in [3.05, 3.63) is 41.6 Å². The van der Waals surface area contributed by atoms with E-state index in [9.17, 15) is 14.4 Å². The summed E-state index contributed by atoms with van der Waals surface area (Å²) in [4.78, 5) is 36.5. The fourth-order valence-corrected chi connectivity index (χ4v) is 2.14. The van der Waals surface area contributed by atoms with Crippen LogP contribution >= 0.6 is 0 Å². The molecule has 0 bridgehead atoms. The number of carbonyl (C=O) groups is 3. The number of carbonyl (C=O) groups excluding carboxylic acids is 3. The standard InChI is InChI=1S/C16H19N3O5/c1-24-9-6-17-15(22)11-2-4-12(5-3-11)18-13-10-14(21)19(7-8-20)16(13)23/h2-5,10,18,20H,6-9H2,1H3,(H,17,22). The summed E-state index contributed by atoms with van der Waals surface area (Å²) < 4.78 is 4.86. The van der Waals surface area contributed by atoms with E-state index >= 15 is 0 Å². The van der Waals surface area contributed by atoms with Gasteiger partial charge in [0.1, 0.15) is 5.70 Å². The van der Waals surface area contributed by atoms with Crippen LogP contribution in [0.1, 0.15) is 10.4 Å². The molecule has 8 nitrogen and oxygen atoms in total. The Balaban J connectivity index is 1.97. The maximum absolute atomic E-state index is 12.0. The first-order valence-electron chi connectivity index (χ1n) is 7.39. The second kappa shape index (κ2) is 8.23. The minimum Gasteiger partial charge on any atom is -0.395 e. The van der Waals surface area contributed by atoms with Gasteiger partial charge >= 0.3 is 0 Å². The van der Waals surface area contributed by atoms with Gasteiger partial charge < -0.3 is 20.5 Å². The van der Waals surface area contributed by atoms with Gasteiger partial charge in [0.05, 0.1) is 19.8 Å². The molecule has 1 aliphatic heterocycles. The van der Waals surface area contributed by atoms with Gasteiger partial charge in [0.2, 0.25) is 0 Å². The minimum absolute atomic E-state index is 0.0417. The average Bonchev–Trinajstić information content (AvgIpc) is 2.83. The summed E-state index contributed by atoms with van der Waals surface area (Å²) in [5, 5.41) is 14.4. The van der Waals surface area contributed by atoms with E-state index in [0.29, 0.717) is 24.4 Å². The zero-order chi connectivity index (χ0) is 17.5. The molecule has 0 saturated heterocycles. The molecule has 0 atom stereocenters. The molecule has 1 heterocycles. The van der Waals surface area contributed by atoms with E-state index in [-0.39, 0.29) is 24.8 Å². The van der Waals surface area contributed by atoms with Gasteiger partial charge in [0.25, 0.3) is 17.7 Å². The topological polar surface area (TPSA) is 108 Å². The molecule has 0 fully saturated rings. The molecular weight excluding hydrogens is 314 g/mol. The third-order valence-corrected chi connectivity index (χ3v) is 3.35. The highest BCUT2D eigenvalue weighted by atomic mass is 16.5. The largest absolute Gasteiger partial charge is 0.395 e. The number of ether oxygens (including phenoxy) is 1. The summed E-state index contributed by atoms with van der Waals surface area (Å²) in [5.74, 6) is -1.18. The van der Waals surface area contributed by atoms with Gasteiger partial charge in [-0.2, -0.15) is 0 Å². The number of rotatable bonds is 8. The number of hydrogen-bond donors (Lipinski definition) is 3. The van der Waals surface area contributed by atoms with E-state index < -0.39 is 11.8 Å². The van der Waals surface area contributed by atoms with Crippen LogP contribution in [0.25, 0.3) is 0 Å². The summed E-state index contributed by atoms with van der Waals surface area (Å²) in [6.45, 7) is 0.519. The number of imide groups is 1. The second-order valence-corrected chi connectivity index (χ2v) is 5.03. The Hall–Kier alpha value is -2.71. The maximum Gasteiger partial charge on any atom is 0.277 e. The third kappa shape index (κ3) is 4.18. The van der Waals surface area contributed by atoms with E-state index in [4.69, 9.17) is 9.84 Å². The molecule has 1 aromatic rings. The van der Waals surface area contributed by atoms with Crippen LogP contribution in [0.15, 0.2) is 36.0 Å². The van der Waals surface area contributed by atoms with Crippen LogP contribution in [0.2, 0.25) is 0 Å². The van der Waals surface area contributed by atoms with Gasteiger partial charge in [0, 0.05) is 31.0 Å². The zero-order valence-electron chi connectivity index (χ0n) is 13.2. The fourth-order valence-electron chi connectivity index (χ4n) is 2.14. The van der Waals surface area contributed by atoms with Gasteiger partial charge in [0.15, 0.2) is 0 Å². The SMILES string of the molecule is COCCNC(=O)c1ccc(NC2=CC(=O)N(CCO)C2=O)cc1. The van der Waals surface area contributed by atoms with Gasteiger partial charge in [-0.15, -0.1) is 0 Å². The Bertz CT molecular complexity index is 654. The molecule has 0 aromatic heterocycles. The molecule has 128 valence electrons. The molecule has 1 aromatic carbocycles. The summed E-state index contributed by atoms with van der Waals surface area (Å²) in [6.07, 6.45) is 1.18. The highest BCUT2D eigenvalue weighted by molar-refractivity contribution is 6.17. The Kier molecular flexibility index (Phi) is 6.05. The van der Waals surface area contributed by atoms with E-state index in [2.05, 4.69) is 10.6 Å². The predicted molar refractivity (Wildman–Crippen MR) is 86.2 cm³/mol. The van der Waals surface area contributed by atoms with E-state index in [1.807, 2.05) is 0 Å². The van der Waals surface area contributed by atoms with Crippen molar-refractivity contribution in [3.63, 3.8) is 0 Å². The van der Waals surface area contributed by atoms with Crippen LogP contribution in [0.4, 0.5) is 5.69 Å². The van der Waals surface area contributed by atoms with Gasteiger partial charge in [-0.25, -0.2) is 0 Å². The van der Waals surface area contributed by atoms with Crippen molar-refractivity contribution in [3.8, 4) is 0 Å². The molecular formula is C16H19N3O5. The molecule has 0 saturated carbocycles. The highest BCUT2D eigenvalue weighted by Gasteiger charge is 2.30. The Labute approximate surface area is 139 Å². The van der Waals surface area contributed by atoms with Crippen molar-refractivity contribution in [2.24, 2.45) is 0 Å². The van der Waals surface area contributed by atoms with Gasteiger partial charge in [-0.1, -0.05) is 0 Å². The molecule has 2 rings (SSSR count). The fraction of sp³-hybridized carbons (Fsp3) is 0.312. The molecule has 0 spiro atoms. The average molecular weight is 333 g/mol. The van der Waals surface area contributed by atoms with Crippen molar-refractivity contribution < 1.29 is 24.2 Å². The predicted octanol–water partition coefficient (Wildman–Crippen LogP) is -0.280.